The number of fused-ring (bicyclic) bond motifs is 2. The van der Waals surface area contributed by atoms with Crippen molar-refractivity contribution in [2.45, 2.75) is 115 Å². The number of carbonyl (C=O) groups excluding carboxylic acids is 3. The lowest BCUT2D eigenvalue weighted by Crippen LogP contribution is -2.47. The first-order valence-electron chi connectivity index (χ1n) is 25.9. The zero-order chi connectivity index (χ0) is 49.5. The molecule has 2 atom stereocenters. The molecule has 5 aromatic rings. The molecular formula is C55H65F2N9O5. The Morgan fingerprint density at radius 3 is 2.42 bits per heavy atom. The number of piperidine rings is 4. The van der Waals surface area contributed by atoms with Crippen molar-refractivity contribution in [3.63, 3.8) is 0 Å². The van der Waals surface area contributed by atoms with Crippen LogP contribution in [0.3, 0.4) is 0 Å². The number of anilines is 2. The quantitative estimate of drug-likeness (QED) is 0.0735. The normalized spacial score (nSPS) is 23.0. The van der Waals surface area contributed by atoms with Gasteiger partial charge in [-0.25, -0.2) is 8.78 Å². The SMILES string of the molecule is CCc1c(F)ccc2cc(O)cc(-c3ncc4c(N5CCC[C@H](C)C5)nc(OC5CCN(C(=O)C6CCC(N7CCC(c8ccc(C(=N)C9CCC(=O)NC9=O)c(NC)c8)CC7)CC6)CC5)nc4c3F)c12. The summed E-state index contributed by atoms with van der Waals surface area (Å²) in [6.45, 7) is 8.61. The number of aromatic hydroxyl groups is 1. The third kappa shape index (κ3) is 9.75. The molecule has 1 unspecified atom stereocenters. The molecule has 2 aromatic heterocycles. The van der Waals surface area contributed by atoms with Gasteiger partial charge in [0.25, 0.3) is 0 Å². The predicted octanol–water partition coefficient (Wildman–Crippen LogP) is 8.90. The fraction of sp³-hybridized carbons (Fsp3) is 0.509. The minimum atomic E-state index is -0.696. The van der Waals surface area contributed by atoms with Gasteiger partial charge in [-0.3, -0.25) is 24.7 Å². The average Bonchev–Trinajstić information content (AvgIpc) is 3.38. The van der Waals surface area contributed by atoms with E-state index in [4.69, 9.17) is 20.1 Å². The molecule has 5 fully saturated rings. The first kappa shape index (κ1) is 48.3. The fourth-order valence-corrected chi connectivity index (χ4v) is 12.2. The van der Waals surface area contributed by atoms with Crippen LogP contribution in [0.15, 0.2) is 48.7 Å². The van der Waals surface area contributed by atoms with Crippen molar-refractivity contribution in [1.29, 1.82) is 5.41 Å². The minimum Gasteiger partial charge on any atom is -0.508 e. The van der Waals surface area contributed by atoms with Crippen LogP contribution in [0.4, 0.5) is 20.3 Å². The van der Waals surface area contributed by atoms with Gasteiger partial charge in [0.2, 0.25) is 17.7 Å². The first-order valence-corrected chi connectivity index (χ1v) is 25.9. The van der Waals surface area contributed by atoms with Crippen LogP contribution in [-0.2, 0) is 20.8 Å². The van der Waals surface area contributed by atoms with E-state index >= 15 is 8.78 Å². The highest BCUT2D eigenvalue weighted by Crippen LogP contribution is 2.41. The molecule has 0 radical (unpaired) electrons. The zero-order valence-electron chi connectivity index (χ0n) is 41.0. The number of hydrogen-bond acceptors (Lipinski definition) is 12. The van der Waals surface area contributed by atoms with Crippen molar-refractivity contribution < 1.29 is 33.0 Å². The Bertz CT molecular complexity index is 2870. The summed E-state index contributed by atoms with van der Waals surface area (Å²) in [7, 11) is 1.84. The number of carbonyl (C=O) groups is 3. The molecule has 5 aliphatic rings. The van der Waals surface area contributed by atoms with Gasteiger partial charge in [-0.05, 0) is 135 Å². The number of nitrogens with one attached hydrogen (secondary N) is 3. The third-order valence-corrected chi connectivity index (χ3v) is 16.1. The van der Waals surface area contributed by atoms with Gasteiger partial charge < -0.3 is 35.3 Å². The molecule has 4 aliphatic heterocycles. The summed E-state index contributed by atoms with van der Waals surface area (Å²) < 4.78 is 38.8. The third-order valence-electron chi connectivity index (χ3n) is 16.1. The van der Waals surface area contributed by atoms with Crippen LogP contribution in [0.1, 0.15) is 114 Å². The highest BCUT2D eigenvalue weighted by Gasteiger charge is 2.37. The molecule has 71 heavy (non-hydrogen) atoms. The second-order valence-corrected chi connectivity index (χ2v) is 20.6. The minimum absolute atomic E-state index is 0.00344. The van der Waals surface area contributed by atoms with Gasteiger partial charge in [0, 0.05) is 87.5 Å². The number of pyridine rings is 1. The fourth-order valence-electron chi connectivity index (χ4n) is 12.2. The largest absolute Gasteiger partial charge is 0.508 e. The molecule has 0 spiro atoms. The van der Waals surface area contributed by atoms with E-state index < -0.39 is 23.5 Å². The Morgan fingerprint density at radius 2 is 1.70 bits per heavy atom. The van der Waals surface area contributed by atoms with Crippen molar-refractivity contribution in [2.24, 2.45) is 17.8 Å². The van der Waals surface area contributed by atoms with Gasteiger partial charge >= 0.3 is 6.01 Å². The first-order chi connectivity index (χ1) is 34.4. The number of halogens is 2. The topological polar surface area (TPSA) is 177 Å². The lowest BCUT2D eigenvalue weighted by Gasteiger charge is -2.42. The molecule has 10 rings (SSSR count). The van der Waals surface area contributed by atoms with Crippen LogP contribution in [0.2, 0.25) is 0 Å². The van der Waals surface area contributed by atoms with E-state index in [1.54, 1.807) is 18.3 Å². The Labute approximate surface area is 413 Å². The Balaban J connectivity index is 0.761. The Hall–Kier alpha value is -6.29. The molecule has 3 amide bonds. The molecule has 4 N–H and O–H groups in total. The number of nitrogens with zero attached hydrogens (tertiary/aromatic N) is 6. The van der Waals surface area contributed by atoms with Gasteiger partial charge in [-0.1, -0.05) is 32.0 Å². The zero-order valence-corrected chi connectivity index (χ0v) is 41.0. The molecule has 374 valence electrons. The summed E-state index contributed by atoms with van der Waals surface area (Å²) in [5, 5.41) is 26.7. The second-order valence-electron chi connectivity index (χ2n) is 20.6. The lowest BCUT2D eigenvalue weighted by molar-refractivity contribution is -0.139. The van der Waals surface area contributed by atoms with Gasteiger partial charge in [0.15, 0.2) is 5.82 Å². The van der Waals surface area contributed by atoms with E-state index in [9.17, 15) is 19.5 Å². The summed E-state index contributed by atoms with van der Waals surface area (Å²) in [6, 6.07) is 12.6. The highest BCUT2D eigenvalue weighted by molar-refractivity contribution is 6.17. The summed E-state index contributed by atoms with van der Waals surface area (Å²) in [4.78, 5) is 59.1. The number of phenolic OH excluding ortho intramolecular Hbond substituents is 1. The van der Waals surface area contributed by atoms with Crippen molar-refractivity contribution in [3.8, 4) is 23.0 Å². The van der Waals surface area contributed by atoms with Crippen LogP contribution in [0.5, 0.6) is 11.8 Å². The monoisotopic (exact) mass is 970 g/mol. The van der Waals surface area contributed by atoms with Gasteiger partial charge in [-0.15, -0.1) is 0 Å². The number of aryl methyl sites for hydroxylation is 1. The molecule has 14 nitrogen and oxygen atoms in total. The smallest absolute Gasteiger partial charge is 0.319 e. The molecule has 3 aromatic carbocycles. The Morgan fingerprint density at radius 1 is 0.930 bits per heavy atom. The maximum Gasteiger partial charge on any atom is 0.319 e. The van der Waals surface area contributed by atoms with Crippen molar-refractivity contribution >= 4 is 56.6 Å². The Kier molecular flexibility index (Phi) is 13.9. The maximum absolute atomic E-state index is 17.1. The molecule has 16 heteroatoms. The lowest BCUT2D eigenvalue weighted by atomic mass is 9.82. The van der Waals surface area contributed by atoms with Crippen LogP contribution in [0.25, 0.3) is 32.9 Å². The second kappa shape index (κ2) is 20.4. The van der Waals surface area contributed by atoms with E-state index in [0.29, 0.717) is 89.8 Å². The number of ether oxygens (including phenoxy) is 1. The molecule has 6 heterocycles. The maximum atomic E-state index is 17.1. The number of amides is 3. The number of phenols is 1. The number of hydrogen-bond donors (Lipinski definition) is 4. The molecule has 0 bridgehead atoms. The molecular weight excluding hydrogens is 905 g/mol. The summed E-state index contributed by atoms with van der Waals surface area (Å²) in [6.07, 6.45) is 11.3. The van der Waals surface area contributed by atoms with Crippen LogP contribution >= 0.6 is 0 Å². The van der Waals surface area contributed by atoms with Crippen LogP contribution in [-0.4, -0.2) is 112 Å². The number of aromatic nitrogens is 3. The van der Waals surface area contributed by atoms with E-state index in [0.717, 1.165) is 83.2 Å². The standard InChI is InChI=1S/C55H65F2N9O5/c1-4-39-44(56)15-10-35-26-37(67)28-42(47(35)39)50-48(57)51-43(29-60-50)52(66-21-5-6-31(2)30-66)63-55(62-51)71-38-19-24-65(25-20-38)54(70)33-7-11-36(12-8-33)64-22-17-32(18-23-64)34-9-13-40(45(27-34)59-3)49(58)41-14-16-46(68)61-53(41)69/h9-10,13,15,26-29,31-33,36,38,41,58-59,67H,4-8,11-12,14,16-25,30H2,1-3H3,(H,61,68,69)/t31-,33?,36?,41?/m0/s1. The number of likely N-dealkylation sites (tertiary alicyclic amines) is 2. The summed E-state index contributed by atoms with van der Waals surface area (Å²) in [5.74, 6) is -0.933. The van der Waals surface area contributed by atoms with E-state index in [2.05, 4.69) is 44.5 Å². The summed E-state index contributed by atoms with van der Waals surface area (Å²) in [5.41, 5.74) is 3.69. The van der Waals surface area contributed by atoms with E-state index in [1.165, 1.54) is 17.7 Å². The number of imide groups is 1. The highest BCUT2D eigenvalue weighted by atomic mass is 19.1. The molecule has 4 saturated heterocycles. The number of benzene rings is 3. The molecule has 1 saturated carbocycles. The summed E-state index contributed by atoms with van der Waals surface area (Å²) >= 11 is 0. The predicted molar refractivity (Wildman–Crippen MR) is 270 cm³/mol. The van der Waals surface area contributed by atoms with Crippen LogP contribution < -0.4 is 20.3 Å². The number of rotatable bonds is 11. The van der Waals surface area contributed by atoms with Crippen LogP contribution in [0, 0.1) is 34.8 Å². The van der Waals surface area contributed by atoms with Crippen molar-refractivity contribution in [2.75, 3.05) is 56.5 Å². The average molecular weight is 970 g/mol. The van der Waals surface area contributed by atoms with Gasteiger partial charge in [-0.2, -0.15) is 9.97 Å². The van der Waals surface area contributed by atoms with Crippen molar-refractivity contribution in [1.82, 2.24) is 30.1 Å². The van der Waals surface area contributed by atoms with Gasteiger partial charge in [0.1, 0.15) is 34.7 Å². The van der Waals surface area contributed by atoms with E-state index in [1.807, 2.05) is 24.9 Å². The van der Waals surface area contributed by atoms with E-state index in [-0.39, 0.29) is 64.5 Å². The van der Waals surface area contributed by atoms with Crippen molar-refractivity contribution in [3.05, 3.63) is 77.0 Å². The molecule has 1 aliphatic carbocycles. The van der Waals surface area contributed by atoms with Gasteiger partial charge in [0.05, 0.1) is 17.0 Å².